The van der Waals surface area contributed by atoms with Crippen LogP contribution in [0.4, 0.5) is 5.69 Å². The summed E-state index contributed by atoms with van der Waals surface area (Å²) in [5, 5.41) is 16.2. The molecule has 0 radical (unpaired) electrons. The molecule has 4 N–H and O–H groups in total. The van der Waals surface area contributed by atoms with Gasteiger partial charge in [0.05, 0.1) is 17.2 Å². The molecule has 1 unspecified atom stereocenters. The van der Waals surface area contributed by atoms with Crippen LogP contribution in [0.2, 0.25) is 0 Å². The maximum atomic E-state index is 13.1. The number of para-hydroxylation sites is 1. The molecule has 0 saturated carbocycles. The van der Waals surface area contributed by atoms with Crippen LogP contribution in [0.15, 0.2) is 24.3 Å². The normalized spacial score (nSPS) is 21.2. The van der Waals surface area contributed by atoms with Crippen LogP contribution in [-0.4, -0.2) is 59.1 Å². The van der Waals surface area contributed by atoms with Gasteiger partial charge in [-0.25, -0.2) is 0 Å². The number of aromatic nitrogens is 1. The minimum Gasteiger partial charge on any atom is -0.390 e. The molecule has 3 aliphatic rings. The number of rotatable bonds is 5. The van der Waals surface area contributed by atoms with Crippen molar-refractivity contribution in [3.8, 4) is 0 Å². The summed E-state index contributed by atoms with van der Waals surface area (Å²) < 4.78 is 0. The Kier molecular flexibility index (Phi) is 5.61. The number of allylic oxidation sites excluding steroid dienone is 1. The fourth-order valence-corrected chi connectivity index (χ4v) is 5.35. The Morgan fingerprint density at radius 3 is 2.78 bits per heavy atom. The summed E-state index contributed by atoms with van der Waals surface area (Å²) in [5.74, 6) is -0.250. The van der Waals surface area contributed by atoms with Crippen LogP contribution in [0.1, 0.15) is 58.6 Å². The van der Waals surface area contributed by atoms with Gasteiger partial charge in [0.2, 0.25) is 0 Å². The van der Waals surface area contributed by atoms with E-state index in [-0.39, 0.29) is 18.4 Å². The summed E-state index contributed by atoms with van der Waals surface area (Å²) in [6, 6.07) is 7.74. The van der Waals surface area contributed by atoms with Crippen molar-refractivity contribution in [1.82, 2.24) is 15.2 Å². The van der Waals surface area contributed by atoms with E-state index in [1.165, 1.54) is 12.8 Å². The first-order chi connectivity index (χ1) is 15.5. The van der Waals surface area contributed by atoms with Crippen LogP contribution in [-0.2, 0) is 11.2 Å². The molecule has 7 nitrogen and oxygen atoms in total. The van der Waals surface area contributed by atoms with E-state index in [2.05, 4.69) is 20.5 Å². The summed E-state index contributed by atoms with van der Waals surface area (Å²) in [6.45, 7) is 4.76. The monoisotopic (exact) mass is 434 g/mol. The standard InChI is InChI=1S/C25H30N4O3/c1-15-21(24(31)26-13-16(30)14-29-11-4-5-12-29)18-8-6-9-19(23(18)27-15)22-17-7-2-3-10-20(17)28-25(22)32/h2-3,7,10,16,27,30H,4-6,8-9,11-14H2,1H3,(H,26,31)(H,28,32)/b22-19-. The average molecular weight is 435 g/mol. The van der Waals surface area contributed by atoms with E-state index >= 15 is 0 Å². The van der Waals surface area contributed by atoms with Crippen LogP contribution >= 0.6 is 0 Å². The molecule has 0 bridgehead atoms. The zero-order valence-corrected chi connectivity index (χ0v) is 18.5. The lowest BCUT2D eigenvalue weighted by atomic mass is 9.86. The van der Waals surface area contributed by atoms with E-state index in [0.29, 0.717) is 17.7 Å². The smallest absolute Gasteiger partial charge is 0.256 e. The molecule has 1 saturated heterocycles. The molecule has 0 spiro atoms. The van der Waals surface area contributed by atoms with Gasteiger partial charge in [-0.1, -0.05) is 18.2 Å². The van der Waals surface area contributed by atoms with Crippen molar-refractivity contribution in [3.05, 3.63) is 52.3 Å². The van der Waals surface area contributed by atoms with Gasteiger partial charge in [-0.2, -0.15) is 0 Å². The number of H-pyrrole nitrogens is 1. The number of amides is 2. The van der Waals surface area contributed by atoms with Gasteiger partial charge in [-0.15, -0.1) is 0 Å². The number of benzene rings is 1. The third kappa shape index (κ3) is 3.76. The van der Waals surface area contributed by atoms with Gasteiger partial charge in [0, 0.05) is 35.7 Å². The third-order valence-corrected chi connectivity index (χ3v) is 6.81. The number of hydrogen-bond donors (Lipinski definition) is 4. The number of hydrogen-bond acceptors (Lipinski definition) is 4. The van der Waals surface area contributed by atoms with E-state index < -0.39 is 6.10 Å². The van der Waals surface area contributed by atoms with Gasteiger partial charge in [0.15, 0.2) is 0 Å². The largest absolute Gasteiger partial charge is 0.390 e. The Balaban J connectivity index is 1.40. The highest BCUT2D eigenvalue weighted by Crippen LogP contribution is 2.42. The minimum atomic E-state index is -0.580. The molecule has 2 aliphatic heterocycles. The number of nitrogens with zero attached hydrogens (tertiary/aromatic N) is 1. The zero-order valence-electron chi connectivity index (χ0n) is 18.5. The van der Waals surface area contributed by atoms with Gasteiger partial charge >= 0.3 is 0 Å². The number of anilines is 1. The molecule has 1 fully saturated rings. The molecule has 1 atom stereocenters. The van der Waals surface area contributed by atoms with Crippen molar-refractivity contribution in [2.45, 2.75) is 45.1 Å². The number of likely N-dealkylation sites (tertiary alicyclic amines) is 1. The number of β-amino-alcohol motifs (C(OH)–C–C–N with tert-alkyl or cyclic N) is 1. The highest BCUT2D eigenvalue weighted by atomic mass is 16.3. The summed E-state index contributed by atoms with van der Waals surface area (Å²) in [7, 11) is 0. The van der Waals surface area contributed by atoms with Gasteiger partial charge in [0.25, 0.3) is 11.8 Å². The van der Waals surface area contributed by atoms with Gasteiger partial charge in [-0.3, -0.25) is 9.59 Å². The van der Waals surface area contributed by atoms with Crippen molar-refractivity contribution in [2.24, 2.45) is 0 Å². The van der Waals surface area contributed by atoms with Gasteiger partial charge < -0.3 is 25.6 Å². The lowest BCUT2D eigenvalue weighted by Crippen LogP contribution is -2.39. The highest BCUT2D eigenvalue weighted by Gasteiger charge is 2.32. The van der Waals surface area contributed by atoms with Crippen LogP contribution in [0.3, 0.4) is 0 Å². The quantitative estimate of drug-likeness (QED) is 0.544. The lowest BCUT2D eigenvalue weighted by Gasteiger charge is -2.20. The van der Waals surface area contributed by atoms with Crippen LogP contribution in [0.25, 0.3) is 11.1 Å². The maximum Gasteiger partial charge on any atom is 0.256 e. The Morgan fingerprint density at radius 1 is 1.19 bits per heavy atom. The molecule has 32 heavy (non-hydrogen) atoms. The Labute approximate surface area is 187 Å². The molecule has 2 amide bonds. The van der Waals surface area contributed by atoms with Crippen molar-refractivity contribution >= 4 is 28.6 Å². The molecule has 168 valence electrons. The van der Waals surface area contributed by atoms with Crippen molar-refractivity contribution < 1.29 is 14.7 Å². The summed E-state index contributed by atoms with van der Waals surface area (Å²) in [5.41, 5.74) is 6.76. The van der Waals surface area contributed by atoms with Crippen LogP contribution < -0.4 is 10.6 Å². The fraction of sp³-hybridized carbons (Fsp3) is 0.440. The Bertz CT molecular complexity index is 1090. The predicted octanol–water partition coefficient (Wildman–Crippen LogP) is 2.71. The van der Waals surface area contributed by atoms with Gasteiger partial charge in [0.1, 0.15) is 0 Å². The van der Waals surface area contributed by atoms with E-state index in [1.54, 1.807) is 0 Å². The predicted molar refractivity (Wildman–Crippen MR) is 124 cm³/mol. The second kappa shape index (κ2) is 8.56. The first-order valence-electron chi connectivity index (χ1n) is 11.6. The third-order valence-electron chi connectivity index (χ3n) is 6.81. The van der Waals surface area contributed by atoms with E-state index in [4.69, 9.17) is 0 Å². The number of aromatic amines is 1. The molecule has 2 aromatic rings. The molecule has 3 heterocycles. The number of nitrogens with one attached hydrogen (secondary N) is 3. The molecule has 5 rings (SSSR count). The van der Waals surface area contributed by atoms with E-state index in [0.717, 1.165) is 66.1 Å². The molecule has 1 aromatic carbocycles. The number of aliphatic hydroxyl groups is 1. The molecular weight excluding hydrogens is 404 g/mol. The first-order valence-corrected chi connectivity index (χ1v) is 11.6. The molecule has 1 aliphatic carbocycles. The Morgan fingerprint density at radius 2 is 1.97 bits per heavy atom. The Hall–Kier alpha value is -2.90. The van der Waals surface area contributed by atoms with Crippen LogP contribution in [0.5, 0.6) is 0 Å². The number of carbonyl (C=O) groups is 2. The van der Waals surface area contributed by atoms with Crippen LogP contribution in [0, 0.1) is 6.92 Å². The number of fused-ring (bicyclic) bond motifs is 2. The zero-order chi connectivity index (χ0) is 22.2. The number of aryl methyl sites for hydroxylation is 1. The lowest BCUT2D eigenvalue weighted by molar-refractivity contribution is -0.110. The number of aliphatic hydroxyl groups excluding tert-OH is 1. The summed E-state index contributed by atoms with van der Waals surface area (Å²) in [6.07, 6.45) is 4.24. The van der Waals surface area contributed by atoms with Gasteiger partial charge in [-0.05, 0) is 69.3 Å². The first kappa shape index (κ1) is 21.0. The second-order valence-corrected chi connectivity index (χ2v) is 9.06. The van der Waals surface area contributed by atoms with E-state index in [9.17, 15) is 14.7 Å². The summed E-state index contributed by atoms with van der Waals surface area (Å²) >= 11 is 0. The van der Waals surface area contributed by atoms with Crippen molar-refractivity contribution in [2.75, 3.05) is 31.5 Å². The topological polar surface area (TPSA) is 97.5 Å². The molecule has 7 heteroatoms. The fourth-order valence-electron chi connectivity index (χ4n) is 5.35. The van der Waals surface area contributed by atoms with Crippen molar-refractivity contribution in [3.63, 3.8) is 0 Å². The minimum absolute atomic E-state index is 0.0858. The highest BCUT2D eigenvalue weighted by molar-refractivity contribution is 6.36. The molecule has 1 aromatic heterocycles. The second-order valence-electron chi connectivity index (χ2n) is 9.06. The molecular formula is C25H30N4O3. The van der Waals surface area contributed by atoms with Crippen molar-refractivity contribution in [1.29, 1.82) is 0 Å². The summed E-state index contributed by atoms with van der Waals surface area (Å²) in [4.78, 5) is 31.5. The SMILES string of the molecule is Cc1[nH]c2c(c1C(=O)NCC(O)CN1CCCC1)CCC/C2=C1/C(=O)Nc2ccccc21. The average Bonchev–Trinajstić information content (AvgIpc) is 3.48. The number of carbonyl (C=O) groups excluding carboxylic acids is 2. The maximum absolute atomic E-state index is 13.1. The van der Waals surface area contributed by atoms with E-state index in [1.807, 2.05) is 31.2 Å².